The van der Waals surface area contributed by atoms with Crippen molar-refractivity contribution < 1.29 is 23.4 Å². The van der Waals surface area contributed by atoms with Gasteiger partial charge in [0.2, 0.25) is 0 Å². The molecule has 1 aliphatic rings. The highest BCUT2D eigenvalue weighted by Crippen LogP contribution is 2.29. The molecule has 2 atom stereocenters. The number of aryl methyl sites for hydroxylation is 1. The number of ether oxygens (including phenoxy) is 1. The van der Waals surface area contributed by atoms with Gasteiger partial charge in [0.25, 0.3) is 0 Å². The van der Waals surface area contributed by atoms with Gasteiger partial charge < -0.3 is 9.84 Å². The summed E-state index contributed by atoms with van der Waals surface area (Å²) in [5.41, 5.74) is 3.36. The minimum Gasteiger partial charge on any atom is -0.485 e. The van der Waals surface area contributed by atoms with Gasteiger partial charge in [0.15, 0.2) is 17.4 Å². The Balaban J connectivity index is 1.70. The molecule has 0 amide bonds. The molecule has 7 heteroatoms. The largest absolute Gasteiger partial charge is 0.485 e. The first-order chi connectivity index (χ1) is 14.8. The topological polar surface area (TPSA) is 62.1 Å². The summed E-state index contributed by atoms with van der Waals surface area (Å²) in [7, 11) is 0. The van der Waals surface area contributed by atoms with Crippen molar-refractivity contribution in [1.82, 2.24) is 0 Å². The van der Waals surface area contributed by atoms with Crippen LogP contribution in [0.25, 0.3) is 0 Å². The Morgan fingerprint density at radius 3 is 2.45 bits per heavy atom. The summed E-state index contributed by atoms with van der Waals surface area (Å²) < 4.78 is 34.5. The number of aliphatic carboxylic acids is 1. The van der Waals surface area contributed by atoms with Crippen molar-refractivity contribution in [1.29, 1.82) is 0 Å². The quantitative estimate of drug-likeness (QED) is 0.593. The smallest absolute Gasteiger partial charge is 0.306 e. The third-order valence-corrected chi connectivity index (χ3v) is 5.34. The molecule has 5 nitrogen and oxygen atoms in total. The molecule has 0 radical (unpaired) electrons. The maximum Gasteiger partial charge on any atom is 0.306 e. The first-order valence-corrected chi connectivity index (χ1v) is 10.5. The molecule has 0 fully saturated rings. The number of carboxylic acid groups (broad SMARTS) is 1. The van der Waals surface area contributed by atoms with E-state index < -0.39 is 29.3 Å². The SMILES string of the molecule is CCCc1ccc(N2N=C(C)CC2COc2c(F)cc(CC(C)C(=O)O)cc2F)cc1. The van der Waals surface area contributed by atoms with Gasteiger partial charge in [-0.05, 0) is 55.2 Å². The normalized spacial score (nSPS) is 16.9. The highest BCUT2D eigenvalue weighted by atomic mass is 19.1. The van der Waals surface area contributed by atoms with Crippen LogP contribution >= 0.6 is 0 Å². The lowest BCUT2D eigenvalue weighted by molar-refractivity contribution is -0.141. The van der Waals surface area contributed by atoms with Crippen LogP contribution in [0.2, 0.25) is 0 Å². The Kier molecular flexibility index (Phi) is 7.25. The van der Waals surface area contributed by atoms with E-state index in [0.717, 1.165) is 36.4 Å². The molecule has 166 valence electrons. The van der Waals surface area contributed by atoms with Gasteiger partial charge in [0.1, 0.15) is 6.61 Å². The molecule has 1 heterocycles. The van der Waals surface area contributed by atoms with Crippen molar-refractivity contribution in [2.45, 2.75) is 52.5 Å². The van der Waals surface area contributed by atoms with E-state index in [1.165, 1.54) is 12.5 Å². The molecule has 1 N–H and O–H groups in total. The van der Waals surface area contributed by atoms with E-state index in [1.54, 1.807) is 0 Å². The average molecular weight is 430 g/mol. The van der Waals surface area contributed by atoms with Crippen LogP contribution in [0.4, 0.5) is 14.5 Å². The van der Waals surface area contributed by atoms with Gasteiger partial charge in [0.05, 0.1) is 17.6 Å². The van der Waals surface area contributed by atoms with E-state index in [9.17, 15) is 13.6 Å². The molecule has 0 saturated heterocycles. The third-order valence-electron chi connectivity index (χ3n) is 5.34. The third kappa shape index (κ3) is 5.60. The first kappa shape index (κ1) is 22.7. The molecule has 0 aliphatic carbocycles. The zero-order valence-electron chi connectivity index (χ0n) is 18.1. The number of benzene rings is 2. The van der Waals surface area contributed by atoms with Crippen LogP contribution in [0.1, 0.15) is 44.7 Å². The number of hydrazone groups is 1. The zero-order valence-corrected chi connectivity index (χ0v) is 18.1. The molecule has 0 saturated carbocycles. The van der Waals surface area contributed by atoms with Gasteiger partial charge >= 0.3 is 5.97 Å². The van der Waals surface area contributed by atoms with Crippen molar-refractivity contribution in [3.05, 3.63) is 59.2 Å². The van der Waals surface area contributed by atoms with Crippen molar-refractivity contribution >= 4 is 17.4 Å². The Labute approximate surface area is 181 Å². The number of rotatable bonds is 9. The lowest BCUT2D eigenvalue weighted by atomic mass is 10.0. The van der Waals surface area contributed by atoms with Crippen LogP contribution in [0, 0.1) is 17.6 Å². The molecule has 2 unspecified atom stereocenters. The van der Waals surface area contributed by atoms with E-state index >= 15 is 0 Å². The summed E-state index contributed by atoms with van der Waals surface area (Å²) in [6.45, 7) is 5.61. The average Bonchev–Trinajstić information content (AvgIpc) is 3.08. The Hall–Kier alpha value is -2.96. The predicted molar refractivity (Wildman–Crippen MR) is 117 cm³/mol. The van der Waals surface area contributed by atoms with E-state index in [-0.39, 0.29) is 24.6 Å². The summed E-state index contributed by atoms with van der Waals surface area (Å²) >= 11 is 0. The van der Waals surface area contributed by atoms with Crippen LogP contribution in [0.15, 0.2) is 41.5 Å². The van der Waals surface area contributed by atoms with E-state index in [2.05, 4.69) is 24.2 Å². The molecule has 0 bridgehead atoms. The summed E-state index contributed by atoms with van der Waals surface area (Å²) in [6.07, 6.45) is 2.76. The molecule has 0 aromatic heterocycles. The summed E-state index contributed by atoms with van der Waals surface area (Å²) in [6, 6.07) is 10.2. The number of carbonyl (C=O) groups is 1. The van der Waals surface area contributed by atoms with Crippen LogP contribution in [0.3, 0.4) is 0 Å². The number of anilines is 1. The standard InChI is InChI=1S/C24H28F2N2O3/c1-4-5-17-6-8-19(9-7-17)28-20(11-16(3)27-28)14-31-23-21(25)12-18(13-22(23)26)10-15(2)24(29)30/h6-9,12-13,15,20H,4-5,10-11,14H2,1-3H3,(H,29,30). The first-order valence-electron chi connectivity index (χ1n) is 10.5. The minimum atomic E-state index is -1.01. The minimum absolute atomic E-state index is 0.0426. The van der Waals surface area contributed by atoms with E-state index in [4.69, 9.17) is 9.84 Å². The number of hydrogen-bond donors (Lipinski definition) is 1. The van der Waals surface area contributed by atoms with Crippen LogP contribution < -0.4 is 9.75 Å². The lowest BCUT2D eigenvalue weighted by Crippen LogP contribution is -2.32. The Bertz CT molecular complexity index is 937. The molecule has 2 aromatic carbocycles. The maximum absolute atomic E-state index is 14.5. The predicted octanol–water partition coefficient (Wildman–Crippen LogP) is 5.21. The van der Waals surface area contributed by atoms with E-state index in [0.29, 0.717) is 6.42 Å². The van der Waals surface area contributed by atoms with Crippen molar-refractivity contribution in [2.24, 2.45) is 11.0 Å². The second-order valence-electron chi connectivity index (χ2n) is 8.10. The van der Waals surface area contributed by atoms with Crippen LogP contribution in [0.5, 0.6) is 5.75 Å². The van der Waals surface area contributed by atoms with Gasteiger partial charge in [-0.2, -0.15) is 5.10 Å². The number of nitrogens with zero attached hydrogens (tertiary/aromatic N) is 2. The summed E-state index contributed by atoms with van der Waals surface area (Å²) in [5.74, 6) is -3.87. The van der Waals surface area contributed by atoms with Gasteiger partial charge in [-0.1, -0.05) is 32.4 Å². The van der Waals surface area contributed by atoms with Gasteiger partial charge in [-0.3, -0.25) is 9.80 Å². The molecule has 2 aromatic rings. The lowest BCUT2D eigenvalue weighted by Gasteiger charge is -2.24. The molecule has 3 rings (SSSR count). The second kappa shape index (κ2) is 9.90. The van der Waals surface area contributed by atoms with Gasteiger partial charge in [-0.15, -0.1) is 0 Å². The molecule has 0 spiro atoms. The van der Waals surface area contributed by atoms with E-state index in [1.807, 2.05) is 24.1 Å². The number of hydrogen-bond acceptors (Lipinski definition) is 4. The summed E-state index contributed by atoms with van der Waals surface area (Å²) in [4.78, 5) is 11.0. The monoisotopic (exact) mass is 430 g/mol. The molecule has 1 aliphatic heterocycles. The fourth-order valence-electron chi connectivity index (χ4n) is 3.72. The van der Waals surface area contributed by atoms with Crippen LogP contribution in [-0.4, -0.2) is 29.4 Å². The van der Waals surface area contributed by atoms with Gasteiger partial charge in [0, 0.05) is 12.1 Å². The van der Waals surface area contributed by atoms with Crippen molar-refractivity contribution in [2.75, 3.05) is 11.6 Å². The second-order valence-corrected chi connectivity index (χ2v) is 8.10. The highest BCUT2D eigenvalue weighted by Gasteiger charge is 2.27. The fourth-order valence-corrected chi connectivity index (χ4v) is 3.72. The van der Waals surface area contributed by atoms with Gasteiger partial charge in [-0.25, -0.2) is 8.78 Å². The number of halogens is 2. The molecular weight excluding hydrogens is 402 g/mol. The number of carboxylic acids is 1. The summed E-state index contributed by atoms with van der Waals surface area (Å²) in [5, 5.41) is 15.4. The Morgan fingerprint density at radius 2 is 1.87 bits per heavy atom. The Morgan fingerprint density at radius 1 is 1.23 bits per heavy atom. The molecule has 31 heavy (non-hydrogen) atoms. The highest BCUT2D eigenvalue weighted by molar-refractivity contribution is 5.86. The van der Waals surface area contributed by atoms with Crippen molar-refractivity contribution in [3.63, 3.8) is 0 Å². The molecular formula is C24H28F2N2O3. The zero-order chi connectivity index (χ0) is 22.5. The maximum atomic E-state index is 14.5. The van der Waals surface area contributed by atoms with Crippen molar-refractivity contribution in [3.8, 4) is 5.75 Å². The van der Waals surface area contributed by atoms with Crippen LogP contribution in [-0.2, 0) is 17.6 Å². The fraction of sp³-hybridized carbons (Fsp3) is 0.417.